The first-order chi connectivity index (χ1) is 9.24. The van der Waals surface area contributed by atoms with Crippen molar-refractivity contribution in [2.45, 2.75) is 19.8 Å². The highest BCUT2D eigenvalue weighted by Gasteiger charge is 2.06. The predicted octanol–water partition coefficient (Wildman–Crippen LogP) is 1.74. The van der Waals surface area contributed by atoms with Gasteiger partial charge in [-0.25, -0.2) is 5.84 Å². The van der Waals surface area contributed by atoms with Gasteiger partial charge >= 0.3 is 0 Å². The molecule has 6 nitrogen and oxygen atoms in total. The molecule has 1 aromatic carbocycles. The van der Waals surface area contributed by atoms with Gasteiger partial charge in [0.05, 0.1) is 19.9 Å². The fourth-order valence-corrected chi connectivity index (χ4v) is 1.50. The van der Waals surface area contributed by atoms with Gasteiger partial charge in [0.2, 0.25) is 5.96 Å². The van der Waals surface area contributed by atoms with Gasteiger partial charge in [0, 0.05) is 12.6 Å². The molecule has 1 rings (SSSR count). The van der Waals surface area contributed by atoms with E-state index < -0.39 is 0 Å². The lowest BCUT2D eigenvalue weighted by Crippen LogP contribution is -2.36. The smallest absolute Gasteiger partial charge is 0.210 e. The Morgan fingerprint density at radius 2 is 2.11 bits per heavy atom. The van der Waals surface area contributed by atoms with Crippen LogP contribution < -0.4 is 26.1 Å². The summed E-state index contributed by atoms with van der Waals surface area (Å²) >= 11 is 0. The van der Waals surface area contributed by atoms with Gasteiger partial charge in [0.25, 0.3) is 0 Å². The average Bonchev–Trinajstić information content (AvgIpc) is 2.46. The van der Waals surface area contributed by atoms with Crippen molar-refractivity contribution in [3.8, 4) is 11.5 Å². The molecule has 0 heterocycles. The lowest BCUT2D eigenvalue weighted by Gasteiger charge is -2.13. The van der Waals surface area contributed by atoms with Gasteiger partial charge in [-0.05, 0) is 18.6 Å². The Hall–Kier alpha value is -1.95. The van der Waals surface area contributed by atoms with Crippen molar-refractivity contribution in [3.63, 3.8) is 0 Å². The Labute approximate surface area is 114 Å². The molecule has 0 spiro atoms. The molecule has 0 aromatic heterocycles. The van der Waals surface area contributed by atoms with Gasteiger partial charge in [-0.1, -0.05) is 13.3 Å². The number of methoxy groups -OCH3 is 2. The zero-order valence-electron chi connectivity index (χ0n) is 11.7. The first-order valence-electron chi connectivity index (χ1n) is 6.25. The molecule has 0 bridgehead atoms. The third kappa shape index (κ3) is 4.67. The minimum Gasteiger partial charge on any atom is -0.497 e. The SMILES string of the molecule is CCCCN=C(NN)Nc1ccc(OC)cc1OC. The van der Waals surface area contributed by atoms with Crippen LogP contribution in [0, 0.1) is 0 Å². The van der Waals surface area contributed by atoms with Crippen molar-refractivity contribution in [2.75, 3.05) is 26.1 Å². The van der Waals surface area contributed by atoms with Gasteiger partial charge in [-0.3, -0.25) is 10.4 Å². The molecular formula is C13H22N4O2. The Bertz CT molecular complexity index is 421. The van der Waals surface area contributed by atoms with Gasteiger partial charge in [-0.2, -0.15) is 0 Å². The van der Waals surface area contributed by atoms with E-state index in [9.17, 15) is 0 Å². The van der Waals surface area contributed by atoms with Crippen LogP contribution in [0.15, 0.2) is 23.2 Å². The number of hydrogen-bond donors (Lipinski definition) is 3. The minimum atomic E-state index is 0.511. The summed E-state index contributed by atoms with van der Waals surface area (Å²) in [5, 5.41) is 3.09. The Balaban J connectivity index is 2.81. The third-order valence-electron chi connectivity index (χ3n) is 2.58. The first-order valence-corrected chi connectivity index (χ1v) is 6.25. The molecule has 0 atom stereocenters. The molecule has 0 aliphatic rings. The summed E-state index contributed by atoms with van der Waals surface area (Å²) in [7, 11) is 3.21. The summed E-state index contributed by atoms with van der Waals surface area (Å²) in [6.07, 6.45) is 2.11. The van der Waals surface area contributed by atoms with Crippen molar-refractivity contribution in [1.82, 2.24) is 5.43 Å². The predicted molar refractivity (Wildman–Crippen MR) is 77.7 cm³/mol. The maximum atomic E-state index is 5.44. The maximum Gasteiger partial charge on any atom is 0.210 e. The van der Waals surface area contributed by atoms with Crippen molar-refractivity contribution < 1.29 is 9.47 Å². The molecule has 0 unspecified atom stereocenters. The van der Waals surface area contributed by atoms with Crippen molar-refractivity contribution in [1.29, 1.82) is 0 Å². The number of hydrazine groups is 1. The van der Waals surface area contributed by atoms with E-state index in [4.69, 9.17) is 15.3 Å². The number of nitrogens with one attached hydrogen (secondary N) is 2. The minimum absolute atomic E-state index is 0.511. The fourth-order valence-electron chi connectivity index (χ4n) is 1.50. The molecule has 4 N–H and O–H groups in total. The molecule has 0 aliphatic heterocycles. The van der Waals surface area contributed by atoms with Crippen LogP contribution >= 0.6 is 0 Å². The molecule has 6 heteroatoms. The second-order valence-electron chi connectivity index (χ2n) is 3.92. The van der Waals surface area contributed by atoms with Gasteiger partial charge in [-0.15, -0.1) is 0 Å². The number of nitrogens with two attached hydrogens (primary N) is 1. The van der Waals surface area contributed by atoms with Gasteiger partial charge in [0.1, 0.15) is 11.5 Å². The molecule has 0 radical (unpaired) electrons. The number of hydrogen-bond acceptors (Lipinski definition) is 4. The third-order valence-corrected chi connectivity index (χ3v) is 2.58. The number of aliphatic imine (C=N–C) groups is 1. The van der Waals surface area contributed by atoms with Gasteiger partial charge in [0.15, 0.2) is 0 Å². The maximum absolute atomic E-state index is 5.44. The second-order valence-corrected chi connectivity index (χ2v) is 3.92. The van der Waals surface area contributed by atoms with E-state index in [1.807, 2.05) is 12.1 Å². The molecular weight excluding hydrogens is 244 g/mol. The van der Waals surface area contributed by atoms with Crippen LogP contribution in [0.2, 0.25) is 0 Å². The van der Waals surface area contributed by atoms with E-state index in [1.54, 1.807) is 20.3 Å². The molecule has 0 fully saturated rings. The standard InChI is InChI=1S/C13H22N4O2/c1-4-5-8-15-13(17-14)16-11-7-6-10(18-2)9-12(11)19-3/h6-7,9H,4-5,8,14H2,1-3H3,(H2,15,16,17). The van der Waals surface area contributed by atoms with Crippen LogP contribution in [-0.4, -0.2) is 26.7 Å². The van der Waals surface area contributed by atoms with E-state index in [0.29, 0.717) is 11.7 Å². The molecule has 106 valence electrons. The van der Waals surface area contributed by atoms with E-state index in [-0.39, 0.29) is 0 Å². The van der Waals surface area contributed by atoms with E-state index in [0.717, 1.165) is 30.8 Å². The number of anilines is 1. The van der Waals surface area contributed by atoms with Crippen LogP contribution in [0.25, 0.3) is 0 Å². The molecule has 1 aromatic rings. The normalized spacial score (nSPS) is 11.1. The van der Waals surface area contributed by atoms with Crippen LogP contribution in [0.1, 0.15) is 19.8 Å². The van der Waals surface area contributed by atoms with E-state index >= 15 is 0 Å². The van der Waals surface area contributed by atoms with E-state index in [2.05, 4.69) is 22.7 Å². The zero-order valence-corrected chi connectivity index (χ0v) is 11.7. The summed E-state index contributed by atoms with van der Waals surface area (Å²) in [5.74, 6) is 7.35. The number of guanidine groups is 1. The van der Waals surface area contributed by atoms with Crippen LogP contribution in [0.3, 0.4) is 0 Å². The number of ether oxygens (including phenoxy) is 2. The first kappa shape index (κ1) is 15.1. The van der Waals surface area contributed by atoms with Crippen LogP contribution in [-0.2, 0) is 0 Å². The highest BCUT2D eigenvalue weighted by atomic mass is 16.5. The Kier molecular flexibility index (Phi) is 6.52. The molecule has 0 aliphatic carbocycles. The van der Waals surface area contributed by atoms with Crippen LogP contribution in [0.4, 0.5) is 5.69 Å². The molecule has 19 heavy (non-hydrogen) atoms. The Morgan fingerprint density at radius 3 is 2.68 bits per heavy atom. The summed E-state index contributed by atoms with van der Waals surface area (Å²) in [4.78, 5) is 4.33. The fraction of sp³-hybridized carbons (Fsp3) is 0.462. The molecule has 0 amide bonds. The molecule has 0 saturated heterocycles. The number of benzene rings is 1. The van der Waals surface area contributed by atoms with Gasteiger partial charge < -0.3 is 14.8 Å². The summed E-state index contributed by atoms with van der Waals surface area (Å²) in [6.45, 7) is 2.84. The van der Waals surface area contributed by atoms with Crippen LogP contribution in [0.5, 0.6) is 11.5 Å². The number of nitrogens with zero attached hydrogens (tertiary/aromatic N) is 1. The van der Waals surface area contributed by atoms with Crippen molar-refractivity contribution in [2.24, 2.45) is 10.8 Å². The zero-order chi connectivity index (χ0) is 14.1. The van der Waals surface area contributed by atoms with E-state index in [1.165, 1.54) is 0 Å². The van der Waals surface area contributed by atoms with Crippen molar-refractivity contribution in [3.05, 3.63) is 18.2 Å². The topological polar surface area (TPSA) is 80.9 Å². The second kappa shape index (κ2) is 8.20. The Morgan fingerprint density at radius 1 is 1.32 bits per heavy atom. The summed E-state index contributed by atoms with van der Waals surface area (Å²) < 4.78 is 10.4. The largest absolute Gasteiger partial charge is 0.497 e. The number of unbranched alkanes of at least 4 members (excludes halogenated alkanes) is 1. The highest BCUT2D eigenvalue weighted by molar-refractivity contribution is 5.94. The monoisotopic (exact) mass is 266 g/mol. The average molecular weight is 266 g/mol. The lowest BCUT2D eigenvalue weighted by atomic mass is 10.2. The quantitative estimate of drug-likeness (QED) is 0.240. The number of rotatable bonds is 6. The summed E-state index contributed by atoms with van der Waals surface area (Å²) in [6, 6.07) is 5.48. The van der Waals surface area contributed by atoms with Crippen molar-refractivity contribution >= 4 is 11.6 Å². The lowest BCUT2D eigenvalue weighted by molar-refractivity contribution is 0.395. The molecule has 0 saturated carbocycles. The highest BCUT2D eigenvalue weighted by Crippen LogP contribution is 2.28. The summed E-state index contributed by atoms with van der Waals surface area (Å²) in [5.41, 5.74) is 3.32.